The molecule has 0 fully saturated rings. The quantitative estimate of drug-likeness (QED) is 0.195. The van der Waals surface area contributed by atoms with E-state index in [1.807, 2.05) is 52.9 Å². The van der Waals surface area contributed by atoms with E-state index in [0.29, 0.717) is 21.0 Å². The Hall–Kier alpha value is -3.81. The fourth-order valence-electron chi connectivity index (χ4n) is 4.89. The van der Waals surface area contributed by atoms with Gasteiger partial charge >= 0.3 is 0 Å². The summed E-state index contributed by atoms with van der Waals surface area (Å²) in [5, 5.41) is 23.6. The van der Waals surface area contributed by atoms with Gasteiger partial charge in [0.2, 0.25) is 11.8 Å². The number of hydrogen-bond acceptors (Lipinski definition) is 7. The summed E-state index contributed by atoms with van der Waals surface area (Å²) in [7, 11) is 1.42. The van der Waals surface area contributed by atoms with E-state index < -0.39 is 30.0 Å². The summed E-state index contributed by atoms with van der Waals surface area (Å²) in [5.41, 5.74) is 2.02. The van der Waals surface area contributed by atoms with Crippen LogP contribution in [0, 0.1) is 9.39 Å². The van der Waals surface area contributed by atoms with Gasteiger partial charge in [-0.3, -0.25) is 14.4 Å². The molecular formula is C32H32FIN2O7. The Morgan fingerprint density at radius 2 is 1.84 bits per heavy atom. The molecule has 1 aliphatic rings. The highest BCUT2D eigenvalue weighted by atomic mass is 127. The van der Waals surface area contributed by atoms with E-state index in [2.05, 4.69) is 5.32 Å². The molecule has 3 N–H and O–H groups in total. The van der Waals surface area contributed by atoms with E-state index in [9.17, 15) is 29.0 Å². The van der Waals surface area contributed by atoms with Crippen molar-refractivity contribution < 1.29 is 38.5 Å². The third kappa shape index (κ3) is 8.18. The van der Waals surface area contributed by atoms with Gasteiger partial charge in [0, 0.05) is 30.6 Å². The van der Waals surface area contributed by atoms with E-state index >= 15 is 0 Å². The summed E-state index contributed by atoms with van der Waals surface area (Å²) < 4.78 is 25.9. The van der Waals surface area contributed by atoms with Crippen LogP contribution in [0.1, 0.15) is 27.9 Å². The lowest BCUT2D eigenvalue weighted by Crippen LogP contribution is -2.55. The number of aliphatic hydroxyl groups excluding tert-OH is 2. The Morgan fingerprint density at radius 1 is 1.12 bits per heavy atom. The van der Waals surface area contributed by atoms with Crippen LogP contribution in [-0.4, -0.2) is 71.7 Å². The number of benzene rings is 3. The smallest absolute Gasteiger partial charge is 0.247 e. The maximum Gasteiger partial charge on any atom is 0.247 e. The Morgan fingerprint density at radius 3 is 2.49 bits per heavy atom. The lowest BCUT2D eigenvalue weighted by molar-refractivity contribution is -0.138. The first-order valence-electron chi connectivity index (χ1n) is 13.6. The molecule has 3 atom stereocenters. The number of carbonyl (C=O) groups is 3. The molecule has 4 rings (SSSR count). The first-order chi connectivity index (χ1) is 20.7. The van der Waals surface area contributed by atoms with Crippen molar-refractivity contribution in [1.29, 1.82) is 0 Å². The standard InChI is InChI=1S/C32H32FIN2O7/c1-42-28-14-22(19-38)13-25(34)31(28)43-27-17-23(32(41)35-11-12-37)16-26(30(27)40)36(18-21-7-9-24(33)10-8-21)29(39)15-20-5-3-2-4-6-20/h2-10,13-14,17,19,26-27,30,37,40H,11-12,15-16,18H2,1H3,(H,35,41)/t26-,27+,30+/m1/s1. The molecule has 0 saturated carbocycles. The van der Waals surface area contributed by atoms with Gasteiger partial charge in [0.25, 0.3) is 0 Å². The second-order valence-electron chi connectivity index (χ2n) is 9.98. The third-order valence-corrected chi connectivity index (χ3v) is 7.84. The number of nitrogens with one attached hydrogen (secondary N) is 1. The van der Waals surface area contributed by atoms with Gasteiger partial charge in [-0.25, -0.2) is 4.39 Å². The van der Waals surface area contributed by atoms with Crippen molar-refractivity contribution in [3.8, 4) is 11.5 Å². The molecule has 226 valence electrons. The predicted octanol–water partition coefficient (Wildman–Crippen LogP) is 3.44. The zero-order valence-corrected chi connectivity index (χ0v) is 25.6. The molecule has 0 aliphatic heterocycles. The molecule has 43 heavy (non-hydrogen) atoms. The molecule has 1 aliphatic carbocycles. The van der Waals surface area contributed by atoms with Gasteiger partial charge in [-0.2, -0.15) is 0 Å². The number of carbonyl (C=O) groups excluding carboxylic acids is 3. The molecule has 9 nitrogen and oxygen atoms in total. The number of ether oxygens (including phenoxy) is 2. The van der Waals surface area contributed by atoms with Crippen molar-refractivity contribution in [2.45, 2.75) is 37.6 Å². The Balaban J connectivity index is 1.74. The fraction of sp³-hybridized carbons (Fsp3) is 0.281. The average molecular weight is 703 g/mol. The fourth-order valence-corrected chi connectivity index (χ4v) is 5.64. The monoisotopic (exact) mass is 702 g/mol. The number of aldehydes is 1. The molecule has 0 radical (unpaired) electrons. The van der Waals surface area contributed by atoms with Crippen LogP contribution in [0.5, 0.6) is 11.5 Å². The van der Waals surface area contributed by atoms with E-state index in [1.54, 1.807) is 18.2 Å². The van der Waals surface area contributed by atoms with Crippen LogP contribution in [0.25, 0.3) is 0 Å². The van der Waals surface area contributed by atoms with Crippen LogP contribution < -0.4 is 14.8 Å². The minimum absolute atomic E-state index is 0.00167. The van der Waals surface area contributed by atoms with Crippen LogP contribution in [0.2, 0.25) is 0 Å². The summed E-state index contributed by atoms with van der Waals surface area (Å²) in [6.45, 7) is -0.212. The molecule has 0 heterocycles. The predicted molar refractivity (Wildman–Crippen MR) is 165 cm³/mol. The lowest BCUT2D eigenvalue weighted by atomic mass is 9.87. The number of rotatable bonds is 12. The van der Waals surface area contributed by atoms with Crippen LogP contribution in [0.15, 0.2) is 78.4 Å². The van der Waals surface area contributed by atoms with E-state index in [-0.39, 0.29) is 55.5 Å². The van der Waals surface area contributed by atoms with Gasteiger partial charge in [-0.05, 0) is 64.1 Å². The van der Waals surface area contributed by atoms with Crippen molar-refractivity contribution in [1.82, 2.24) is 10.2 Å². The molecule has 0 bridgehead atoms. The highest BCUT2D eigenvalue weighted by Gasteiger charge is 2.41. The average Bonchev–Trinajstić information content (AvgIpc) is 3.01. The molecule has 11 heteroatoms. The minimum atomic E-state index is -1.29. The van der Waals surface area contributed by atoms with Crippen molar-refractivity contribution in [2.75, 3.05) is 20.3 Å². The van der Waals surface area contributed by atoms with E-state index in [4.69, 9.17) is 9.47 Å². The second-order valence-corrected chi connectivity index (χ2v) is 11.1. The number of amides is 2. The zero-order chi connectivity index (χ0) is 30.9. The normalized spacial score (nSPS) is 17.9. The second kappa shape index (κ2) is 15.1. The number of hydrogen-bond donors (Lipinski definition) is 3. The number of aliphatic hydroxyl groups is 2. The highest BCUT2D eigenvalue weighted by Crippen LogP contribution is 2.37. The first-order valence-corrected chi connectivity index (χ1v) is 14.7. The van der Waals surface area contributed by atoms with E-state index in [1.165, 1.54) is 36.3 Å². The van der Waals surface area contributed by atoms with Crippen molar-refractivity contribution in [3.05, 3.63) is 104 Å². The Bertz CT molecular complexity index is 1470. The van der Waals surface area contributed by atoms with Gasteiger partial charge in [-0.1, -0.05) is 42.5 Å². The van der Waals surface area contributed by atoms with Gasteiger partial charge in [-0.15, -0.1) is 0 Å². The maximum absolute atomic E-state index is 13.9. The molecular weight excluding hydrogens is 670 g/mol. The van der Waals surface area contributed by atoms with Crippen molar-refractivity contribution in [3.63, 3.8) is 0 Å². The topological polar surface area (TPSA) is 125 Å². The van der Waals surface area contributed by atoms with Crippen LogP contribution >= 0.6 is 22.6 Å². The Kier molecular flexibility index (Phi) is 11.3. The molecule has 0 unspecified atom stereocenters. The third-order valence-electron chi connectivity index (χ3n) is 7.04. The molecule has 3 aromatic rings. The first kappa shape index (κ1) is 32.1. The SMILES string of the molecule is COc1cc(C=O)cc(I)c1O[C@H]1C=C(C(=O)NCCO)C[C@@H](N(Cc2ccc(F)cc2)C(=O)Cc2ccccc2)[C@@H]1O. The maximum atomic E-state index is 13.9. The molecule has 2 amide bonds. The van der Waals surface area contributed by atoms with Crippen LogP contribution in [-0.2, 0) is 22.6 Å². The highest BCUT2D eigenvalue weighted by molar-refractivity contribution is 14.1. The number of methoxy groups -OCH3 is 1. The summed E-state index contributed by atoms with van der Waals surface area (Å²) >= 11 is 1.99. The summed E-state index contributed by atoms with van der Waals surface area (Å²) in [4.78, 5) is 39.9. The van der Waals surface area contributed by atoms with Gasteiger partial charge in [0.15, 0.2) is 11.5 Å². The molecule has 0 spiro atoms. The van der Waals surface area contributed by atoms with Gasteiger partial charge in [0.05, 0.1) is 29.7 Å². The zero-order valence-electron chi connectivity index (χ0n) is 23.4. The minimum Gasteiger partial charge on any atom is -0.493 e. The summed E-state index contributed by atoms with van der Waals surface area (Å²) in [5.74, 6) is -0.698. The van der Waals surface area contributed by atoms with Gasteiger partial charge < -0.3 is 29.9 Å². The van der Waals surface area contributed by atoms with Crippen molar-refractivity contribution >= 4 is 40.7 Å². The van der Waals surface area contributed by atoms with Crippen LogP contribution in [0.3, 0.4) is 0 Å². The largest absolute Gasteiger partial charge is 0.493 e. The summed E-state index contributed by atoms with van der Waals surface area (Å²) in [6, 6.07) is 17.0. The lowest BCUT2D eigenvalue weighted by Gasteiger charge is -2.41. The van der Waals surface area contributed by atoms with E-state index in [0.717, 1.165) is 5.56 Å². The Labute approximate surface area is 262 Å². The number of halogens is 2. The molecule has 0 saturated heterocycles. The van der Waals surface area contributed by atoms with Crippen molar-refractivity contribution in [2.24, 2.45) is 0 Å². The van der Waals surface area contributed by atoms with Gasteiger partial charge in [0.1, 0.15) is 24.3 Å². The number of nitrogens with zero attached hydrogens (tertiary/aromatic N) is 1. The molecule has 0 aromatic heterocycles. The molecule has 3 aromatic carbocycles. The summed E-state index contributed by atoms with van der Waals surface area (Å²) in [6.07, 6.45) is -0.188. The van der Waals surface area contributed by atoms with Crippen LogP contribution in [0.4, 0.5) is 4.39 Å².